The Bertz CT molecular complexity index is 521. The van der Waals surface area contributed by atoms with Gasteiger partial charge in [-0.3, -0.25) is 14.9 Å². The van der Waals surface area contributed by atoms with Gasteiger partial charge in [-0.1, -0.05) is 6.92 Å². The minimum atomic E-state index is -0.462. The molecule has 8 nitrogen and oxygen atoms in total. The van der Waals surface area contributed by atoms with Crippen molar-refractivity contribution in [3.05, 3.63) is 15.8 Å². The molecule has 0 aliphatic heterocycles. The number of aryl methyl sites for hydroxylation is 2. The number of carbonyl (C=O) groups is 1. The van der Waals surface area contributed by atoms with Crippen LogP contribution in [0.3, 0.4) is 0 Å². The van der Waals surface area contributed by atoms with Gasteiger partial charge in [-0.15, -0.1) is 0 Å². The Balaban J connectivity index is 1.98. The first-order valence-corrected chi connectivity index (χ1v) is 6.73. The van der Waals surface area contributed by atoms with Gasteiger partial charge in [0.2, 0.25) is 11.7 Å². The average Bonchev–Trinajstić information content (AvgIpc) is 3.17. The second-order valence-corrected chi connectivity index (χ2v) is 4.98. The van der Waals surface area contributed by atoms with Crippen LogP contribution in [0.1, 0.15) is 25.5 Å². The van der Waals surface area contributed by atoms with Gasteiger partial charge in [0.25, 0.3) is 0 Å². The van der Waals surface area contributed by atoms with Crippen LogP contribution in [0, 0.1) is 16.0 Å². The molecule has 110 valence electrons. The summed E-state index contributed by atoms with van der Waals surface area (Å²) in [5.74, 6) is 0.718. The van der Waals surface area contributed by atoms with Crippen LogP contribution in [0.25, 0.3) is 0 Å². The molecular formula is C12H19N5O3. The van der Waals surface area contributed by atoms with Crippen LogP contribution in [0.2, 0.25) is 0 Å². The molecule has 1 heterocycles. The van der Waals surface area contributed by atoms with E-state index in [0.717, 1.165) is 0 Å². The fourth-order valence-corrected chi connectivity index (χ4v) is 2.00. The molecule has 1 amide bonds. The Morgan fingerprint density at radius 2 is 2.25 bits per heavy atom. The molecule has 1 saturated carbocycles. The molecule has 0 atom stereocenters. The van der Waals surface area contributed by atoms with Crippen molar-refractivity contribution in [1.82, 2.24) is 15.1 Å². The predicted molar refractivity (Wildman–Crippen MR) is 73.5 cm³/mol. The first kappa shape index (κ1) is 14.3. The number of nitrogens with zero attached hydrogens (tertiary/aromatic N) is 3. The van der Waals surface area contributed by atoms with E-state index in [1.165, 1.54) is 17.5 Å². The lowest BCUT2D eigenvalue weighted by Crippen LogP contribution is -2.31. The van der Waals surface area contributed by atoms with Crippen LogP contribution in [-0.4, -0.2) is 33.7 Å². The second kappa shape index (κ2) is 5.89. The molecular weight excluding hydrogens is 262 g/mol. The molecule has 1 aliphatic rings. The zero-order valence-electron chi connectivity index (χ0n) is 11.7. The van der Waals surface area contributed by atoms with Gasteiger partial charge in [0.05, 0.1) is 11.5 Å². The Kier molecular flexibility index (Phi) is 4.21. The number of amides is 1. The normalized spacial score (nSPS) is 14.1. The Morgan fingerprint density at radius 3 is 2.80 bits per heavy atom. The lowest BCUT2D eigenvalue weighted by atomic mass is 10.3. The number of anilines is 1. The number of hydrogen-bond donors (Lipinski definition) is 2. The quantitative estimate of drug-likeness (QED) is 0.569. The van der Waals surface area contributed by atoms with Crippen molar-refractivity contribution < 1.29 is 9.72 Å². The summed E-state index contributed by atoms with van der Waals surface area (Å²) in [6, 6.07) is 0. The third kappa shape index (κ3) is 3.25. The molecule has 0 unspecified atom stereocenters. The van der Waals surface area contributed by atoms with Crippen molar-refractivity contribution in [3.8, 4) is 0 Å². The Morgan fingerprint density at radius 1 is 1.55 bits per heavy atom. The number of rotatable bonds is 7. The highest BCUT2D eigenvalue weighted by Gasteiger charge is 2.26. The molecule has 1 aliphatic carbocycles. The topological polar surface area (TPSA) is 102 Å². The van der Waals surface area contributed by atoms with Gasteiger partial charge in [-0.05, 0) is 25.2 Å². The minimum absolute atomic E-state index is 0.0102. The zero-order valence-corrected chi connectivity index (χ0v) is 11.7. The van der Waals surface area contributed by atoms with Gasteiger partial charge in [0, 0.05) is 13.6 Å². The van der Waals surface area contributed by atoms with Crippen molar-refractivity contribution in [2.45, 2.75) is 26.2 Å². The van der Waals surface area contributed by atoms with Gasteiger partial charge in [0.15, 0.2) is 0 Å². The number of hydrogen-bond acceptors (Lipinski definition) is 5. The van der Waals surface area contributed by atoms with Gasteiger partial charge in [-0.2, -0.15) is 5.10 Å². The molecule has 2 rings (SSSR count). The summed E-state index contributed by atoms with van der Waals surface area (Å²) in [7, 11) is 1.62. The zero-order chi connectivity index (χ0) is 14.7. The van der Waals surface area contributed by atoms with Gasteiger partial charge < -0.3 is 10.6 Å². The number of nitro groups is 1. The smallest absolute Gasteiger partial charge is 0.333 e. The molecule has 0 radical (unpaired) electrons. The predicted octanol–water partition coefficient (Wildman–Crippen LogP) is 0.829. The van der Waals surface area contributed by atoms with E-state index in [1.807, 2.05) is 6.92 Å². The van der Waals surface area contributed by atoms with E-state index in [1.54, 1.807) is 7.05 Å². The Hall–Kier alpha value is -2.12. The average molecular weight is 281 g/mol. The van der Waals surface area contributed by atoms with E-state index in [-0.39, 0.29) is 24.0 Å². The van der Waals surface area contributed by atoms with E-state index in [2.05, 4.69) is 15.7 Å². The molecule has 0 bridgehead atoms. The summed E-state index contributed by atoms with van der Waals surface area (Å²) < 4.78 is 1.41. The highest BCUT2D eigenvalue weighted by Crippen LogP contribution is 2.28. The maximum atomic E-state index is 11.6. The second-order valence-electron chi connectivity index (χ2n) is 4.98. The van der Waals surface area contributed by atoms with Crippen LogP contribution in [-0.2, 0) is 18.3 Å². The van der Waals surface area contributed by atoms with Crippen molar-refractivity contribution in [2.75, 3.05) is 18.4 Å². The molecule has 0 aromatic carbocycles. The minimum Gasteiger partial charge on any atom is -0.355 e. The summed E-state index contributed by atoms with van der Waals surface area (Å²) in [4.78, 5) is 22.3. The summed E-state index contributed by atoms with van der Waals surface area (Å²) in [6.07, 6.45) is 2.81. The van der Waals surface area contributed by atoms with E-state index in [9.17, 15) is 14.9 Å². The van der Waals surface area contributed by atoms with E-state index < -0.39 is 4.92 Å². The third-order valence-electron chi connectivity index (χ3n) is 3.31. The molecule has 0 saturated heterocycles. The van der Waals surface area contributed by atoms with Gasteiger partial charge >= 0.3 is 5.69 Å². The maximum absolute atomic E-state index is 11.6. The van der Waals surface area contributed by atoms with E-state index in [4.69, 9.17) is 0 Å². The van der Waals surface area contributed by atoms with Crippen LogP contribution >= 0.6 is 0 Å². The summed E-state index contributed by atoms with van der Waals surface area (Å²) >= 11 is 0. The highest BCUT2D eigenvalue weighted by molar-refractivity contribution is 5.81. The molecule has 0 spiro atoms. The lowest BCUT2D eigenvalue weighted by molar-refractivity contribution is -0.384. The molecule has 8 heteroatoms. The standard InChI is InChI=1S/C12H19N5O3/c1-3-9-11(17(19)20)12(16(2)15-9)14-7-10(18)13-6-8-4-5-8/h8,14H,3-7H2,1-2H3,(H,13,18). The van der Waals surface area contributed by atoms with Crippen molar-refractivity contribution >= 4 is 17.4 Å². The number of nitrogens with one attached hydrogen (secondary N) is 2. The molecule has 1 fully saturated rings. The monoisotopic (exact) mass is 281 g/mol. The maximum Gasteiger partial charge on any atom is 0.333 e. The fraction of sp³-hybridized carbons (Fsp3) is 0.667. The summed E-state index contributed by atoms with van der Waals surface area (Å²) in [5.41, 5.74) is 0.364. The van der Waals surface area contributed by atoms with Gasteiger partial charge in [-0.25, -0.2) is 4.68 Å². The van der Waals surface area contributed by atoms with Crippen LogP contribution in [0.15, 0.2) is 0 Å². The Labute approximate surface area is 116 Å². The van der Waals surface area contributed by atoms with E-state index >= 15 is 0 Å². The van der Waals surface area contributed by atoms with Crippen LogP contribution in [0.4, 0.5) is 11.5 Å². The number of carbonyl (C=O) groups excluding carboxylic acids is 1. The summed E-state index contributed by atoms with van der Waals surface area (Å²) in [5, 5.41) is 20.8. The van der Waals surface area contributed by atoms with Crippen LogP contribution < -0.4 is 10.6 Å². The summed E-state index contributed by atoms with van der Waals surface area (Å²) in [6.45, 7) is 2.51. The molecule has 20 heavy (non-hydrogen) atoms. The molecule has 1 aromatic rings. The highest BCUT2D eigenvalue weighted by atomic mass is 16.6. The first-order chi connectivity index (χ1) is 9.52. The van der Waals surface area contributed by atoms with Gasteiger partial charge in [0.1, 0.15) is 5.69 Å². The fourth-order valence-electron chi connectivity index (χ4n) is 2.00. The third-order valence-corrected chi connectivity index (χ3v) is 3.31. The largest absolute Gasteiger partial charge is 0.355 e. The lowest BCUT2D eigenvalue weighted by Gasteiger charge is -2.07. The molecule has 2 N–H and O–H groups in total. The molecule has 1 aromatic heterocycles. The van der Waals surface area contributed by atoms with Crippen LogP contribution in [0.5, 0.6) is 0 Å². The van der Waals surface area contributed by atoms with Crippen molar-refractivity contribution in [3.63, 3.8) is 0 Å². The SMILES string of the molecule is CCc1nn(C)c(NCC(=O)NCC2CC2)c1[N+](=O)[O-]. The van der Waals surface area contributed by atoms with Crippen molar-refractivity contribution in [2.24, 2.45) is 13.0 Å². The van der Waals surface area contributed by atoms with E-state index in [0.29, 0.717) is 24.6 Å². The van der Waals surface area contributed by atoms with Crippen molar-refractivity contribution in [1.29, 1.82) is 0 Å². The number of aromatic nitrogens is 2. The first-order valence-electron chi connectivity index (χ1n) is 6.73.